The van der Waals surface area contributed by atoms with Gasteiger partial charge in [0.25, 0.3) is 0 Å². The van der Waals surface area contributed by atoms with E-state index in [1.807, 2.05) is 11.0 Å². The molecule has 1 atom stereocenters. The van der Waals surface area contributed by atoms with Gasteiger partial charge in [0.1, 0.15) is 5.76 Å². The molecule has 1 amide bonds. The minimum atomic E-state index is -0.0897. The van der Waals surface area contributed by atoms with Gasteiger partial charge >= 0.3 is 0 Å². The van der Waals surface area contributed by atoms with Crippen molar-refractivity contribution >= 4 is 5.91 Å². The van der Waals surface area contributed by atoms with Gasteiger partial charge < -0.3 is 19.6 Å². The number of furan rings is 1. The number of carbonyl (C=O) groups excluding carboxylic acids is 1. The molecule has 1 aliphatic rings. The van der Waals surface area contributed by atoms with Crippen LogP contribution in [-0.2, 0) is 16.1 Å². The third-order valence-corrected chi connectivity index (χ3v) is 2.95. The van der Waals surface area contributed by atoms with Crippen LogP contribution in [0.2, 0.25) is 0 Å². The van der Waals surface area contributed by atoms with Crippen LogP contribution in [0.1, 0.15) is 5.76 Å². The van der Waals surface area contributed by atoms with Crippen LogP contribution in [0, 0.1) is 0 Å². The van der Waals surface area contributed by atoms with Crippen molar-refractivity contribution in [2.45, 2.75) is 12.6 Å². The summed E-state index contributed by atoms with van der Waals surface area (Å²) in [7, 11) is 0. The van der Waals surface area contributed by atoms with E-state index in [9.17, 15) is 9.90 Å². The zero-order chi connectivity index (χ0) is 12.8. The van der Waals surface area contributed by atoms with E-state index in [-0.39, 0.29) is 25.1 Å². The van der Waals surface area contributed by atoms with E-state index in [0.717, 1.165) is 5.76 Å². The number of carbonyl (C=O) groups is 1. The Kier molecular flexibility index (Phi) is 4.74. The highest BCUT2D eigenvalue weighted by molar-refractivity contribution is 5.78. The Labute approximate surface area is 106 Å². The quantitative estimate of drug-likeness (QED) is 0.747. The largest absolute Gasteiger partial charge is 0.467 e. The molecule has 0 aromatic carbocycles. The third-order valence-electron chi connectivity index (χ3n) is 2.95. The number of morpholine rings is 1. The molecule has 18 heavy (non-hydrogen) atoms. The molecule has 0 radical (unpaired) electrons. The summed E-state index contributed by atoms with van der Waals surface area (Å²) in [6.07, 6.45) is 1.57. The smallest absolute Gasteiger partial charge is 0.234 e. The fourth-order valence-corrected chi connectivity index (χ4v) is 1.90. The number of hydrogen-bond acceptors (Lipinski definition) is 5. The molecule has 1 fully saturated rings. The highest BCUT2D eigenvalue weighted by Crippen LogP contribution is 2.05. The Hall–Kier alpha value is -1.37. The molecular formula is C12H18N2O4. The van der Waals surface area contributed by atoms with Gasteiger partial charge in [-0.15, -0.1) is 0 Å². The fourth-order valence-electron chi connectivity index (χ4n) is 1.90. The SMILES string of the molecule is O=C(CN1CCOCC1CO)NCc1ccco1. The lowest BCUT2D eigenvalue weighted by molar-refractivity contribution is -0.125. The summed E-state index contributed by atoms with van der Waals surface area (Å²) in [5.41, 5.74) is 0. The topological polar surface area (TPSA) is 74.9 Å². The van der Waals surface area contributed by atoms with E-state index in [1.165, 1.54) is 0 Å². The first kappa shape index (κ1) is 13.1. The molecule has 0 saturated carbocycles. The molecule has 1 unspecified atom stereocenters. The van der Waals surface area contributed by atoms with Gasteiger partial charge in [0, 0.05) is 6.54 Å². The van der Waals surface area contributed by atoms with Crippen LogP contribution in [0.3, 0.4) is 0 Å². The number of hydrogen-bond donors (Lipinski definition) is 2. The Balaban J connectivity index is 1.75. The van der Waals surface area contributed by atoms with Gasteiger partial charge in [0.2, 0.25) is 5.91 Å². The van der Waals surface area contributed by atoms with Gasteiger partial charge in [-0.05, 0) is 12.1 Å². The third kappa shape index (κ3) is 3.56. The van der Waals surface area contributed by atoms with Crippen LogP contribution >= 0.6 is 0 Å². The molecule has 2 N–H and O–H groups in total. The number of aliphatic hydroxyl groups is 1. The second-order valence-electron chi connectivity index (χ2n) is 4.24. The Morgan fingerprint density at radius 3 is 3.22 bits per heavy atom. The molecule has 1 aromatic heterocycles. The minimum absolute atomic E-state index is 0.00542. The molecule has 100 valence electrons. The van der Waals surface area contributed by atoms with Crippen molar-refractivity contribution in [1.29, 1.82) is 0 Å². The van der Waals surface area contributed by atoms with Crippen LogP contribution in [-0.4, -0.2) is 54.9 Å². The lowest BCUT2D eigenvalue weighted by Crippen LogP contribution is -2.51. The second kappa shape index (κ2) is 6.53. The summed E-state index contributed by atoms with van der Waals surface area (Å²) in [4.78, 5) is 13.7. The number of aliphatic hydroxyl groups excluding tert-OH is 1. The van der Waals surface area contributed by atoms with E-state index >= 15 is 0 Å². The molecule has 6 nitrogen and oxygen atoms in total. The van der Waals surface area contributed by atoms with Crippen molar-refractivity contribution in [1.82, 2.24) is 10.2 Å². The summed E-state index contributed by atoms with van der Waals surface area (Å²) in [5, 5.41) is 12.0. The Morgan fingerprint density at radius 2 is 2.50 bits per heavy atom. The maximum Gasteiger partial charge on any atom is 0.234 e. The van der Waals surface area contributed by atoms with E-state index < -0.39 is 0 Å². The number of nitrogens with zero attached hydrogens (tertiary/aromatic N) is 1. The number of amides is 1. The standard InChI is InChI=1S/C12H18N2O4/c15-8-10-9-17-5-3-14(10)7-12(16)13-6-11-2-1-4-18-11/h1-2,4,10,15H,3,5-9H2,(H,13,16). The zero-order valence-electron chi connectivity index (χ0n) is 10.2. The first-order valence-electron chi connectivity index (χ1n) is 6.01. The van der Waals surface area contributed by atoms with Crippen molar-refractivity contribution < 1.29 is 19.1 Å². The van der Waals surface area contributed by atoms with Gasteiger partial charge in [-0.1, -0.05) is 0 Å². The summed E-state index contributed by atoms with van der Waals surface area (Å²) in [5.74, 6) is 0.649. The van der Waals surface area contributed by atoms with Crippen LogP contribution in [0.4, 0.5) is 0 Å². The normalized spacial score (nSPS) is 20.8. The average molecular weight is 254 g/mol. The number of rotatable bonds is 5. The predicted molar refractivity (Wildman–Crippen MR) is 63.8 cm³/mol. The monoisotopic (exact) mass is 254 g/mol. The molecule has 0 aliphatic carbocycles. The highest BCUT2D eigenvalue weighted by atomic mass is 16.5. The number of nitrogens with one attached hydrogen (secondary N) is 1. The molecule has 2 rings (SSSR count). The van der Waals surface area contributed by atoms with E-state index in [0.29, 0.717) is 26.3 Å². The molecule has 1 aromatic rings. The predicted octanol–water partition coefficient (Wildman–Crippen LogP) is -0.411. The van der Waals surface area contributed by atoms with Crippen molar-refractivity contribution in [3.05, 3.63) is 24.2 Å². The number of ether oxygens (including phenoxy) is 1. The van der Waals surface area contributed by atoms with Gasteiger partial charge in [-0.2, -0.15) is 0 Å². The van der Waals surface area contributed by atoms with Gasteiger partial charge in [0.15, 0.2) is 0 Å². The Morgan fingerprint density at radius 1 is 1.61 bits per heavy atom. The molecule has 1 saturated heterocycles. The summed E-state index contributed by atoms with van der Waals surface area (Å²) < 4.78 is 10.4. The van der Waals surface area contributed by atoms with Gasteiger partial charge in [0.05, 0.1) is 45.2 Å². The van der Waals surface area contributed by atoms with E-state index in [1.54, 1.807) is 12.3 Å². The summed E-state index contributed by atoms with van der Waals surface area (Å²) in [6, 6.07) is 3.50. The maximum atomic E-state index is 11.8. The van der Waals surface area contributed by atoms with E-state index in [2.05, 4.69) is 5.32 Å². The lowest BCUT2D eigenvalue weighted by Gasteiger charge is -2.33. The Bertz CT molecular complexity index is 366. The molecule has 2 heterocycles. The highest BCUT2D eigenvalue weighted by Gasteiger charge is 2.23. The van der Waals surface area contributed by atoms with E-state index in [4.69, 9.17) is 9.15 Å². The van der Waals surface area contributed by atoms with Crippen LogP contribution in [0.15, 0.2) is 22.8 Å². The minimum Gasteiger partial charge on any atom is -0.467 e. The summed E-state index contributed by atoms with van der Waals surface area (Å²) >= 11 is 0. The molecule has 6 heteroatoms. The second-order valence-corrected chi connectivity index (χ2v) is 4.24. The van der Waals surface area contributed by atoms with Gasteiger partial charge in [-0.3, -0.25) is 9.69 Å². The van der Waals surface area contributed by atoms with Gasteiger partial charge in [-0.25, -0.2) is 0 Å². The fraction of sp³-hybridized carbons (Fsp3) is 0.583. The van der Waals surface area contributed by atoms with Crippen molar-refractivity contribution in [3.8, 4) is 0 Å². The zero-order valence-corrected chi connectivity index (χ0v) is 10.2. The van der Waals surface area contributed by atoms with Crippen molar-refractivity contribution in [2.24, 2.45) is 0 Å². The summed E-state index contributed by atoms with van der Waals surface area (Å²) in [6.45, 7) is 2.41. The first-order valence-corrected chi connectivity index (χ1v) is 6.01. The lowest BCUT2D eigenvalue weighted by atomic mass is 10.2. The first-order chi connectivity index (χ1) is 8.79. The van der Waals surface area contributed by atoms with Crippen LogP contribution < -0.4 is 5.32 Å². The molecule has 0 bridgehead atoms. The average Bonchev–Trinajstić information content (AvgIpc) is 2.90. The van der Waals surface area contributed by atoms with Crippen LogP contribution in [0.5, 0.6) is 0 Å². The molecule has 0 spiro atoms. The van der Waals surface area contributed by atoms with Crippen molar-refractivity contribution in [2.75, 3.05) is 32.9 Å². The maximum absolute atomic E-state index is 11.8. The molecular weight excluding hydrogens is 236 g/mol. The molecule has 1 aliphatic heterocycles. The van der Waals surface area contributed by atoms with Crippen molar-refractivity contribution in [3.63, 3.8) is 0 Å². The van der Waals surface area contributed by atoms with Crippen LogP contribution in [0.25, 0.3) is 0 Å².